The van der Waals surface area contributed by atoms with Crippen LogP contribution in [-0.2, 0) is 24.0 Å². The smallest absolute Gasteiger partial charge is 0.250 e. The van der Waals surface area contributed by atoms with Crippen molar-refractivity contribution in [3.8, 4) is 11.3 Å². The summed E-state index contributed by atoms with van der Waals surface area (Å²) in [5, 5.41) is 16.3. The van der Waals surface area contributed by atoms with E-state index < -0.39 is 18.1 Å². The quantitative estimate of drug-likeness (QED) is 0.0604. The van der Waals surface area contributed by atoms with Crippen LogP contribution in [0.4, 0.5) is 11.4 Å². The maximum absolute atomic E-state index is 14.9. The number of H-pyrrole nitrogens is 1. The van der Waals surface area contributed by atoms with Gasteiger partial charge in [0, 0.05) is 46.2 Å². The van der Waals surface area contributed by atoms with Crippen molar-refractivity contribution < 1.29 is 28.8 Å². The van der Waals surface area contributed by atoms with Gasteiger partial charge in [-0.1, -0.05) is 105 Å². The third-order valence-corrected chi connectivity index (χ3v) is 14.3. The normalized spacial score (nSPS) is 19.9. The molecule has 2 aliphatic heterocycles. The highest BCUT2D eigenvalue weighted by Gasteiger charge is 2.39. The lowest BCUT2D eigenvalue weighted by Crippen LogP contribution is -2.49. The van der Waals surface area contributed by atoms with Gasteiger partial charge in [-0.25, -0.2) is 0 Å². The Morgan fingerprint density at radius 2 is 1.21 bits per heavy atom. The average molecular weight is 904 g/mol. The number of anilines is 2. The Balaban J connectivity index is 0.956. The number of fused-ring (bicyclic) bond motifs is 1. The van der Waals surface area contributed by atoms with Gasteiger partial charge in [0.15, 0.2) is 5.78 Å². The van der Waals surface area contributed by atoms with E-state index in [4.69, 9.17) is 0 Å². The van der Waals surface area contributed by atoms with Crippen molar-refractivity contribution in [2.75, 3.05) is 23.7 Å². The number of carbonyl (C=O) groups is 6. The highest BCUT2D eigenvalue weighted by Crippen LogP contribution is 2.34. The third-order valence-electron chi connectivity index (χ3n) is 14.3. The van der Waals surface area contributed by atoms with E-state index in [1.54, 1.807) is 17.0 Å². The lowest BCUT2D eigenvalue weighted by atomic mass is 9.87. The summed E-state index contributed by atoms with van der Waals surface area (Å²) >= 11 is 0. The molecule has 13 nitrogen and oxygen atoms in total. The number of hydrogen-bond acceptors (Lipinski definition) is 7. The topological polar surface area (TPSA) is 182 Å². The summed E-state index contributed by atoms with van der Waals surface area (Å²) in [7, 11) is 0. The maximum Gasteiger partial charge on any atom is 0.250 e. The maximum atomic E-state index is 14.9. The Labute approximate surface area is 391 Å². The van der Waals surface area contributed by atoms with Crippen molar-refractivity contribution >= 4 is 57.6 Å². The second kappa shape index (κ2) is 20.9. The van der Waals surface area contributed by atoms with E-state index in [9.17, 15) is 28.8 Å². The van der Waals surface area contributed by atoms with E-state index in [2.05, 4.69) is 31.6 Å². The van der Waals surface area contributed by atoms with Crippen molar-refractivity contribution in [3.63, 3.8) is 0 Å². The molecule has 0 unspecified atom stereocenters. The number of aromatic nitrogens is 1. The van der Waals surface area contributed by atoms with Gasteiger partial charge in [-0.15, -0.1) is 0 Å². The Morgan fingerprint density at radius 1 is 0.567 bits per heavy atom. The van der Waals surface area contributed by atoms with Crippen molar-refractivity contribution in [2.24, 2.45) is 11.8 Å². The van der Waals surface area contributed by atoms with Crippen LogP contribution in [0.2, 0.25) is 0 Å². The molecule has 9 rings (SSSR count). The summed E-state index contributed by atoms with van der Waals surface area (Å²) < 4.78 is 0. The van der Waals surface area contributed by atoms with Gasteiger partial charge in [0.05, 0.1) is 11.7 Å². The average Bonchev–Trinajstić information content (AvgIpc) is 4.18. The molecule has 348 valence electrons. The predicted octanol–water partition coefficient (Wildman–Crippen LogP) is 8.51. The van der Waals surface area contributed by atoms with Crippen LogP contribution in [0.1, 0.15) is 123 Å². The van der Waals surface area contributed by atoms with E-state index >= 15 is 0 Å². The molecule has 0 spiro atoms. The van der Waals surface area contributed by atoms with Gasteiger partial charge in [-0.2, -0.15) is 0 Å². The summed E-state index contributed by atoms with van der Waals surface area (Å²) in [6.45, 7) is 1.15. The summed E-state index contributed by atoms with van der Waals surface area (Å²) in [4.78, 5) is 89.0. The molecule has 1 aromatic heterocycles. The Hall–Kier alpha value is -6.60. The molecular weight excluding hydrogens is 843 g/mol. The van der Waals surface area contributed by atoms with Crippen molar-refractivity contribution in [2.45, 2.75) is 114 Å². The summed E-state index contributed by atoms with van der Waals surface area (Å²) in [5.41, 5.74) is 4.72. The molecule has 0 bridgehead atoms. The molecule has 4 aliphatic rings. The molecule has 5 amide bonds. The predicted molar refractivity (Wildman–Crippen MR) is 259 cm³/mol. The molecule has 2 saturated heterocycles. The van der Waals surface area contributed by atoms with Crippen molar-refractivity contribution in [3.05, 3.63) is 120 Å². The lowest BCUT2D eigenvalue weighted by Gasteiger charge is -2.30. The zero-order valence-electron chi connectivity index (χ0n) is 38.0. The minimum absolute atomic E-state index is 0.113. The number of amides is 5. The second-order valence-electron chi connectivity index (χ2n) is 18.8. The molecular formula is C54H61N7O6. The fraction of sp³-hybridized carbons (Fsp3) is 0.407. The van der Waals surface area contributed by atoms with Gasteiger partial charge in [0.1, 0.15) is 18.1 Å². The van der Waals surface area contributed by atoms with E-state index in [1.807, 2.05) is 91.0 Å². The van der Waals surface area contributed by atoms with E-state index in [1.165, 1.54) is 0 Å². The highest BCUT2D eigenvalue weighted by molar-refractivity contribution is 6.10. The first-order valence-corrected chi connectivity index (χ1v) is 24.4. The monoisotopic (exact) mass is 903 g/mol. The number of nitrogens with one attached hydrogen (secondary N) is 6. The molecule has 3 heterocycles. The molecule has 6 N–H and O–H groups in total. The van der Waals surface area contributed by atoms with Crippen LogP contribution in [0.15, 0.2) is 103 Å². The standard InChI is InChI=1S/C54H61N7O6/c62-49(47(34-15-5-1-6-16-34)59-50(63)36-19-9-3-10-20-36)41-32-38(25-27-43(41)58-52(65)44-23-13-29-55-44)45-33-39-31-40(26-28-42(39)57-45)56-53(66)46-24-14-30-61(46)54(67)48(35-17-7-2-8-18-35)60-51(64)37-21-11-4-12-22-37/h1-2,5-8,15-18,25-28,31-33,36-37,44,46-48,55,57H,3-4,9-14,19-24,29-30H2,(H,56,66)(H,58,65)(H,59,63)(H,60,64)/t44-,46-,47+,48+/m0/s1. The molecule has 5 aromatic rings. The van der Waals surface area contributed by atoms with E-state index in [0.717, 1.165) is 88.1 Å². The molecule has 4 fully saturated rings. The Bertz CT molecular complexity index is 2590. The first kappa shape index (κ1) is 45.6. The van der Waals surface area contributed by atoms with Gasteiger partial charge >= 0.3 is 0 Å². The minimum atomic E-state index is -0.976. The summed E-state index contributed by atoms with van der Waals surface area (Å²) in [6, 6.07) is 28.4. The van der Waals surface area contributed by atoms with Crippen LogP contribution >= 0.6 is 0 Å². The van der Waals surface area contributed by atoms with Crippen LogP contribution in [0.5, 0.6) is 0 Å². The Morgan fingerprint density at radius 3 is 1.85 bits per heavy atom. The van der Waals surface area contributed by atoms with Crippen LogP contribution in [0.3, 0.4) is 0 Å². The molecule has 4 aromatic carbocycles. The van der Waals surface area contributed by atoms with Crippen molar-refractivity contribution in [1.82, 2.24) is 25.8 Å². The minimum Gasteiger partial charge on any atom is -0.355 e. The molecule has 13 heteroatoms. The number of aromatic amines is 1. The van der Waals surface area contributed by atoms with E-state index in [0.29, 0.717) is 59.6 Å². The number of carbonyl (C=O) groups excluding carboxylic acids is 6. The third kappa shape index (κ3) is 10.5. The largest absolute Gasteiger partial charge is 0.355 e. The molecule has 2 saturated carbocycles. The first-order valence-electron chi connectivity index (χ1n) is 24.4. The molecule has 2 aliphatic carbocycles. The zero-order chi connectivity index (χ0) is 46.3. The molecule has 67 heavy (non-hydrogen) atoms. The van der Waals surface area contributed by atoms with Gasteiger partial charge in [0.25, 0.3) is 0 Å². The number of rotatable bonds is 14. The second-order valence-corrected chi connectivity index (χ2v) is 18.8. The number of benzene rings is 4. The summed E-state index contributed by atoms with van der Waals surface area (Å²) in [6.07, 6.45) is 12.1. The van der Waals surface area contributed by atoms with Crippen molar-refractivity contribution in [1.29, 1.82) is 0 Å². The highest BCUT2D eigenvalue weighted by atomic mass is 16.2. The lowest BCUT2D eigenvalue weighted by molar-refractivity contribution is -0.141. The SMILES string of the molecule is O=C(N[C@@H](C(=O)c1cc(-c2cc3cc(NC(=O)[C@@H]4CCCN4C(=O)[C@H](NC(=O)C4CCCCC4)c4ccccc4)ccc3[nH]2)ccc1NC(=O)[C@@H]1CCCN1)c1ccccc1)C1CCCCC1. The zero-order valence-corrected chi connectivity index (χ0v) is 38.0. The molecule has 4 atom stereocenters. The Kier molecular flexibility index (Phi) is 14.2. The van der Waals surface area contributed by atoms with Gasteiger partial charge in [-0.3, -0.25) is 28.8 Å². The number of Topliss-reactive ketones (excluding diaryl/α,β-unsaturated/α-hetero) is 1. The number of nitrogens with zero attached hydrogens (tertiary/aromatic N) is 1. The fourth-order valence-electron chi connectivity index (χ4n) is 10.5. The van der Waals surface area contributed by atoms with Crippen LogP contribution in [-0.4, -0.2) is 70.4 Å². The summed E-state index contributed by atoms with van der Waals surface area (Å²) in [5.74, 6) is -1.69. The van der Waals surface area contributed by atoms with Crippen LogP contribution in [0, 0.1) is 11.8 Å². The van der Waals surface area contributed by atoms with Crippen LogP contribution in [0.25, 0.3) is 22.2 Å². The van der Waals surface area contributed by atoms with Gasteiger partial charge in [0.2, 0.25) is 29.5 Å². The number of ketones is 1. The first-order chi connectivity index (χ1) is 32.7. The fourth-order valence-corrected chi connectivity index (χ4v) is 10.5. The number of hydrogen-bond donors (Lipinski definition) is 6. The van der Waals surface area contributed by atoms with E-state index in [-0.39, 0.29) is 58.8 Å². The van der Waals surface area contributed by atoms with Gasteiger partial charge < -0.3 is 36.5 Å². The van der Waals surface area contributed by atoms with Gasteiger partial charge in [-0.05, 0) is 111 Å². The number of likely N-dealkylation sites (tertiary alicyclic amines) is 1. The van der Waals surface area contributed by atoms with Crippen LogP contribution < -0.4 is 26.6 Å². The molecule has 0 radical (unpaired) electrons.